The first-order chi connectivity index (χ1) is 32.4. The predicted octanol–water partition coefficient (Wildman–Crippen LogP) is 14.0. The van der Waals surface area contributed by atoms with Crippen molar-refractivity contribution in [2.24, 2.45) is 0 Å². The van der Waals surface area contributed by atoms with Gasteiger partial charge in [-0.25, -0.2) is 0 Å². The molecule has 66 heavy (non-hydrogen) atoms. The summed E-state index contributed by atoms with van der Waals surface area (Å²) in [4.78, 5) is 12.9. The third-order valence-electron chi connectivity index (χ3n) is 12.7. The van der Waals surface area contributed by atoms with Crippen molar-refractivity contribution in [3.63, 3.8) is 0 Å². The number of aliphatic hydroxyl groups excluding tert-OH is 4. The van der Waals surface area contributed by atoms with Crippen molar-refractivity contribution in [1.29, 1.82) is 0 Å². The maximum Gasteiger partial charge on any atom is 0.306 e. The van der Waals surface area contributed by atoms with Crippen molar-refractivity contribution >= 4 is 5.97 Å². The highest BCUT2D eigenvalue weighted by molar-refractivity contribution is 5.69. The molecule has 1 heterocycles. The maximum atomic E-state index is 12.9. The molecule has 6 atom stereocenters. The van der Waals surface area contributed by atoms with Gasteiger partial charge in [0.1, 0.15) is 30.5 Å². The van der Waals surface area contributed by atoms with Crippen LogP contribution in [0.4, 0.5) is 0 Å². The van der Waals surface area contributed by atoms with Gasteiger partial charge in [0.15, 0.2) is 6.29 Å². The predicted molar refractivity (Wildman–Crippen MR) is 275 cm³/mol. The van der Waals surface area contributed by atoms with Crippen molar-refractivity contribution in [2.45, 2.75) is 282 Å². The molecule has 0 radical (unpaired) electrons. The van der Waals surface area contributed by atoms with Crippen LogP contribution in [0, 0.1) is 0 Å². The molecule has 1 aliphatic heterocycles. The number of allylic oxidation sites excluding steroid dienone is 8. The zero-order valence-electron chi connectivity index (χ0n) is 42.7. The summed E-state index contributed by atoms with van der Waals surface area (Å²) in [6, 6.07) is 0. The summed E-state index contributed by atoms with van der Waals surface area (Å²) in [5.41, 5.74) is 0. The van der Waals surface area contributed by atoms with Crippen LogP contribution >= 0.6 is 0 Å². The molecule has 0 amide bonds. The lowest BCUT2D eigenvalue weighted by molar-refractivity contribution is -0.305. The maximum absolute atomic E-state index is 12.9. The van der Waals surface area contributed by atoms with Gasteiger partial charge in [-0.15, -0.1) is 0 Å². The van der Waals surface area contributed by atoms with Gasteiger partial charge >= 0.3 is 5.97 Å². The van der Waals surface area contributed by atoms with Crippen molar-refractivity contribution in [2.75, 3.05) is 26.4 Å². The van der Waals surface area contributed by atoms with Crippen LogP contribution in [-0.2, 0) is 23.7 Å². The lowest BCUT2D eigenvalue weighted by Crippen LogP contribution is -2.59. The molecule has 0 saturated carbocycles. The van der Waals surface area contributed by atoms with E-state index in [2.05, 4.69) is 62.5 Å². The molecule has 0 aromatic heterocycles. The fraction of sp³-hybridized carbons (Fsp3) is 0.842. The Balaban J connectivity index is 2.17. The van der Waals surface area contributed by atoms with Gasteiger partial charge in [-0.05, 0) is 77.0 Å². The minimum atomic E-state index is -1.54. The first kappa shape index (κ1) is 62.2. The van der Waals surface area contributed by atoms with Crippen molar-refractivity contribution in [3.8, 4) is 0 Å². The highest BCUT2D eigenvalue weighted by Crippen LogP contribution is 2.23. The summed E-state index contributed by atoms with van der Waals surface area (Å²) >= 11 is 0. The summed E-state index contributed by atoms with van der Waals surface area (Å²) in [5.74, 6) is -0.316. The van der Waals surface area contributed by atoms with Crippen molar-refractivity contribution < 1.29 is 44.2 Å². The number of aliphatic hydroxyl groups is 4. The lowest BCUT2D eigenvalue weighted by Gasteiger charge is -2.39. The van der Waals surface area contributed by atoms with Crippen molar-refractivity contribution in [3.05, 3.63) is 48.6 Å². The molecule has 1 saturated heterocycles. The van der Waals surface area contributed by atoms with E-state index in [1.54, 1.807) is 0 Å². The van der Waals surface area contributed by atoms with Gasteiger partial charge in [-0.2, -0.15) is 0 Å². The van der Waals surface area contributed by atoms with Gasteiger partial charge in [-0.3, -0.25) is 4.79 Å². The fourth-order valence-corrected chi connectivity index (χ4v) is 8.38. The van der Waals surface area contributed by atoms with E-state index in [1.807, 2.05) is 0 Å². The Morgan fingerprint density at radius 1 is 0.485 bits per heavy atom. The number of esters is 1. The van der Waals surface area contributed by atoms with Gasteiger partial charge in [0.25, 0.3) is 0 Å². The third-order valence-corrected chi connectivity index (χ3v) is 12.7. The molecule has 1 fully saturated rings. The number of carbonyl (C=O) groups is 1. The molecule has 9 heteroatoms. The quantitative estimate of drug-likeness (QED) is 0.0267. The SMILES string of the molecule is CCCCC/C=C\C/C=C\CCCCCCCCCCCC(=O)OC(COCCCCCCCCCCCCCC/C=C\C/C=C\CCCCCCC)COC1OC(CO)C(O)C(O)C1O. The zero-order chi connectivity index (χ0) is 47.8. The Bertz CT molecular complexity index is 1150. The first-order valence-corrected chi connectivity index (χ1v) is 27.7. The fourth-order valence-electron chi connectivity index (χ4n) is 8.38. The number of hydrogen-bond donors (Lipinski definition) is 4. The van der Waals surface area contributed by atoms with E-state index in [0.717, 1.165) is 44.9 Å². The van der Waals surface area contributed by atoms with Crippen LogP contribution in [0.2, 0.25) is 0 Å². The van der Waals surface area contributed by atoms with Crippen molar-refractivity contribution in [1.82, 2.24) is 0 Å². The monoisotopic (exact) mass is 933 g/mol. The molecule has 6 unspecified atom stereocenters. The molecule has 4 N–H and O–H groups in total. The number of hydrogen-bond acceptors (Lipinski definition) is 9. The van der Waals surface area contributed by atoms with Crippen LogP contribution in [0.3, 0.4) is 0 Å². The van der Waals surface area contributed by atoms with E-state index in [1.165, 1.54) is 180 Å². The molecule has 1 aliphatic rings. The van der Waals surface area contributed by atoms with Crippen LogP contribution in [0.1, 0.15) is 245 Å². The Kier molecular flexibility index (Phi) is 45.4. The van der Waals surface area contributed by atoms with E-state index in [-0.39, 0.29) is 19.2 Å². The summed E-state index contributed by atoms with van der Waals surface area (Å²) in [5, 5.41) is 40.3. The molecular weight excluding hydrogens is 829 g/mol. The molecule has 9 nitrogen and oxygen atoms in total. The van der Waals surface area contributed by atoms with Gasteiger partial charge in [0.2, 0.25) is 0 Å². The Morgan fingerprint density at radius 2 is 0.879 bits per heavy atom. The number of carbonyl (C=O) groups excluding carboxylic acids is 1. The van der Waals surface area contributed by atoms with E-state index in [4.69, 9.17) is 18.9 Å². The third kappa shape index (κ3) is 38.1. The summed E-state index contributed by atoms with van der Waals surface area (Å²) in [6.45, 7) is 4.55. The number of ether oxygens (including phenoxy) is 4. The van der Waals surface area contributed by atoms with Gasteiger partial charge in [-0.1, -0.05) is 210 Å². The summed E-state index contributed by atoms with van der Waals surface area (Å²) < 4.78 is 22.9. The highest BCUT2D eigenvalue weighted by Gasteiger charge is 2.44. The topological polar surface area (TPSA) is 135 Å². The van der Waals surface area contributed by atoms with Crippen LogP contribution in [0.25, 0.3) is 0 Å². The number of rotatable bonds is 48. The minimum Gasteiger partial charge on any atom is -0.457 e. The van der Waals surface area contributed by atoms with E-state index < -0.39 is 43.4 Å². The normalized spacial score (nSPS) is 19.6. The van der Waals surface area contributed by atoms with Gasteiger partial charge in [0, 0.05) is 13.0 Å². The zero-order valence-corrected chi connectivity index (χ0v) is 42.7. The van der Waals surface area contributed by atoms with Crippen LogP contribution in [0.5, 0.6) is 0 Å². The van der Waals surface area contributed by atoms with E-state index in [9.17, 15) is 25.2 Å². The molecular formula is C57H104O9. The summed E-state index contributed by atoms with van der Waals surface area (Å²) in [6.07, 6.45) is 54.3. The largest absolute Gasteiger partial charge is 0.457 e. The Labute approximate surface area is 405 Å². The van der Waals surface area contributed by atoms with Crippen LogP contribution in [0.15, 0.2) is 48.6 Å². The smallest absolute Gasteiger partial charge is 0.306 e. The van der Waals surface area contributed by atoms with E-state index >= 15 is 0 Å². The Hall–Kier alpha value is -1.85. The molecule has 0 aromatic rings. The molecule has 386 valence electrons. The van der Waals surface area contributed by atoms with Gasteiger partial charge in [0.05, 0.1) is 19.8 Å². The minimum absolute atomic E-state index is 0.115. The molecule has 0 spiro atoms. The Morgan fingerprint density at radius 3 is 1.33 bits per heavy atom. The average molecular weight is 933 g/mol. The van der Waals surface area contributed by atoms with E-state index in [0.29, 0.717) is 13.0 Å². The second kappa shape index (κ2) is 48.2. The lowest BCUT2D eigenvalue weighted by atomic mass is 9.99. The summed E-state index contributed by atoms with van der Waals surface area (Å²) in [7, 11) is 0. The van der Waals surface area contributed by atoms with Gasteiger partial charge < -0.3 is 39.4 Å². The molecule has 0 bridgehead atoms. The second-order valence-electron chi connectivity index (χ2n) is 19.0. The highest BCUT2D eigenvalue weighted by atomic mass is 16.7. The molecule has 0 aliphatic carbocycles. The van der Waals surface area contributed by atoms with Crippen LogP contribution < -0.4 is 0 Å². The molecule has 1 rings (SSSR count). The first-order valence-electron chi connectivity index (χ1n) is 27.7. The molecule has 0 aromatic carbocycles. The second-order valence-corrected chi connectivity index (χ2v) is 19.0. The standard InChI is InChI=1S/C57H104O9/c1-3-5-7-9-11-13-15-17-19-21-23-24-25-26-27-29-31-33-35-37-39-41-43-45-47-63-49-51(50-64-57-56(62)55(61)54(60)52(48-58)66-57)65-53(59)46-44-42-40-38-36-34-32-30-28-22-20-18-16-14-12-10-8-6-4-2/h12,14-15,17-18,20-21,23,51-52,54-58,60-62H,3-11,13,16,19,22,24-50H2,1-2H3/b14-12-,17-15-,20-18-,23-21-. The van der Waals surface area contributed by atoms with Crippen LogP contribution in [-0.4, -0.2) is 89.6 Å². The average Bonchev–Trinajstić information content (AvgIpc) is 3.32. The number of unbranched alkanes of at least 4 members (excludes halogenated alkanes) is 29.